The normalized spacial score (nSPS) is 13.5. The van der Waals surface area contributed by atoms with Gasteiger partial charge in [-0.15, -0.1) is 0 Å². The number of carbonyl (C=O) groups is 4. The number of fused-ring (bicyclic) bond motifs is 6. The molecule has 0 bridgehead atoms. The van der Waals surface area contributed by atoms with Crippen LogP contribution >= 0.6 is 0 Å². The van der Waals surface area contributed by atoms with Crippen LogP contribution in [0.3, 0.4) is 0 Å². The molecule has 8 N–H and O–H groups in total. The van der Waals surface area contributed by atoms with Crippen molar-refractivity contribution in [1.82, 2.24) is 19.9 Å². The predicted octanol–water partition coefficient (Wildman–Crippen LogP) is -2.42. The van der Waals surface area contributed by atoms with Crippen LogP contribution in [0.1, 0.15) is 38.5 Å². The van der Waals surface area contributed by atoms with E-state index in [1.54, 1.807) is 24.8 Å². The number of aliphatic carboxylic acids is 4. The van der Waals surface area contributed by atoms with Crippen LogP contribution in [0.5, 0.6) is 0 Å². The van der Waals surface area contributed by atoms with Crippen LogP contribution in [0.2, 0.25) is 0 Å². The smallest absolute Gasteiger partial charge is 0.549 e. The van der Waals surface area contributed by atoms with Gasteiger partial charge in [0.25, 0.3) is 0 Å². The second-order valence-electron chi connectivity index (χ2n) is 11.5. The predicted molar refractivity (Wildman–Crippen MR) is 181 cm³/mol. The Bertz CT molecular complexity index is 1870. The Hall–Kier alpha value is -4.82. The third-order valence-corrected chi connectivity index (χ3v) is 8.67. The Morgan fingerprint density at radius 2 is 0.611 bits per heavy atom. The maximum atomic E-state index is 10.2. The first-order valence-corrected chi connectivity index (χ1v) is 15.1. The summed E-state index contributed by atoms with van der Waals surface area (Å²) in [5, 5.41) is 45.4. The van der Waals surface area contributed by atoms with Gasteiger partial charge >= 0.3 is 42.1 Å². The van der Waals surface area contributed by atoms with Gasteiger partial charge in [0.1, 0.15) is 0 Å². The first-order chi connectivity index (χ1) is 23.1. The number of hydrogen-bond donors (Lipinski definition) is 0. The first kappa shape index (κ1) is 51.3. The molecule has 0 amide bonds. The number of carboxylic acids is 4. The summed E-state index contributed by atoms with van der Waals surface area (Å²) >= 11 is 0. The number of rotatable bonds is 4. The second-order valence-corrected chi connectivity index (χ2v) is 11.5. The van der Waals surface area contributed by atoms with Crippen molar-refractivity contribution in [2.75, 3.05) is 0 Å². The Balaban J connectivity index is 0. The summed E-state index contributed by atoms with van der Waals surface area (Å²) in [6, 6.07) is 24.3. The quantitative estimate of drug-likeness (QED) is 0.132. The molecule has 292 valence electrons. The van der Waals surface area contributed by atoms with Gasteiger partial charge in [-0.2, -0.15) is 0 Å². The summed E-state index contributed by atoms with van der Waals surface area (Å²) in [6.07, 6.45) is 9.06. The molecule has 0 atom stereocenters. The van der Waals surface area contributed by atoms with E-state index >= 15 is 0 Å². The molecule has 6 aromatic rings. The van der Waals surface area contributed by atoms with Gasteiger partial charge in [-0.25, -0.2) is 0 Å². The van der Waals surface area contributed by atoms with E-state index in [1.807, 2.05) is 24.3 Å². The van der Waals surface area contributed by atoms with E-state index in [4.69, 9.17) is 0 Å². The summed E-state index contributed by atoms with van der Waals surface area (Å²) in [4.78, 5) is 58.2. The molecule has 0 unspecified atom stereocenters. The second kappa shape index (κ2) is 22.4. The topological polar surface area (TPSA) is 338 Å². The third kappa shape index (κ3) is 10.7. The zero-order chi connectivity index (χ0) is 34.3. The van der Waals surface area contributed by atoms with Gasteiger partial charge in [0.05, 0.1) is 45.9 Å². The van der Waals surface area contributed by atoms with Crippen LogP contribution in [0.15, 0.2) is 97.6 Å². The molecule has 4 heterocycles. The molecule has 0 aliphatic heterocycles. The number of hydrogen-bond acceptors (Lipinski definition) is 12. The molecule has 0 saturated heterocycles. The Morgan fingerprint density at radius 1 is 0.407 bits per heavy atom. The summed E-state index contributed by atoms with van der Waals surface area (Å²) < 4.78 is 0. The largest absolute Gasteiger partial charge is 2.00 e. The standard InChI is InChI=1S/2C12H8N2.2C6H8O4.4H2O.2Pt/c2*1-3-9-5-6-10-4-2-8-14-12(10)11(9)13-7-1;2*7-4(8)6(5(9)10)2-1-3-6;;;;;;/h2*1-8H;2*1-3H2,(H,7,8)(H,9,10);4*1H2;;/q;;;;;;;;2*+2/p-4. The molecular formula is C36H36N4O12Pt2. The average Bonchev–Trinajstić information content (AvgIpc) is 3.04. The minimum absolute atomic E-state index is 0. The van der Waals surface area contributed by atoms with E-state index in [9.17, 15) is 39.6 Å². The molecule has 4 aromatic heterocycles. The van der Waals surface area contributed by atoms with E-state index in [-0.39, 0.29) is 89.7 Å². The van der Waals surface area contributed by atoms with E-state index in [0.717, 1.165) is 43.6 Å². The van der Waals surface area contributed by atoms with Crippen molar-refractivity contribution < 1.29 is 104 Å². The van der Waals surface area contributed by atoms with Crippen LogP contribution in [-0.2, 0) is 61.3 Å². The number of nitrogens with zero attached hydrogens (tertiary/aromatic N) is 4. The van der Waals surface area contributed by atoms with Crippen molar-refractivity contribution in [3.63, 3.8) is 0 Å². The molecule has 54 heavy (non-hydrogen) atoms. The molecule has 0 radical (unpaired) electrons. The molecule has 16 nitrogen and oxygen atoms in total. The van der Waals surface area contributed by atoms with E-state index in [1.165, 1.54) is 0 Å². The van der Waals surface area contributed by atoms with E-state index in [0.29, 0.717) is 12.8 Å². The van der Waals surface area contributed by atoms with Crippen LogP contribution < -0.4 is 20.4 Å². The minimum atomic E-state index is -1.67. The molecule has 8 rings (SSSR count). The van der Waals surface area contributed by atoms with Crippen LogP contribution in [-0.4, -0.2) is 65.7 Å². The van der Waals surface area contributed by atoms with Crippen molar-refractivity contribution in [3.05, 3.63) is 97.6 Å². The van der Waals surface area contributed by atoms with E-state index < -0.39 is 34.7 Å². The van der Waals surface area contributed by atoms with Gasteiger partial charge in [-0.1, -0.05) is 61.4 Å². The maximum Gasteiger partial charge on any atom is 2.00 e. The number of aromatic nitrogens is 4. The fourth-order valence-corrected chi connectivity index (χ4v) is 5.40. The first-order valence-electron chi connectivity index (χ1n) is 15.1. The Morgan fingerprint density at radius 3 is 0.741 bits per heavy atom. The van der Waals surface area contributed by atoms with Gasteiger partial charge < -0.3 is 61.5 Å². The third-order valence-electron chi connectivity index (χ3n) is 8.67. The number of carbonyl (C=O) groups excluding carboxylic acids is 4. The van der Waals surface area contributed by atoms with Crippen molar-refractivity contribution in [1.29, 1.82) is 0 Å². The molecular weight excluding hydrogens is 1070 g/mol. The molecule has 2 fully saturated rings. The van der Waals surface area contributed by atoms with Gasteiger partial charge in [-0.3, -0.25) is 19.9 Å². The van der Waals surface area contributed by atoms with Crippen LogP contribution in [0.4, 0.5) is 0 Å². The summed E-state index contributed by atoms with van der Waals surface area (Å²) in [5.41, 5.74) is 0.576. The zero-order valence-corrected chi connectivity index (χ0v) is 32.7. The van der Waals surface area contributed by atoms with Crippen molar-refractivity contribution in [3.8, 4) is 0 Å². The molecule has 0 spiro atoms. The average molecular weight is 1110 g/mol. The Labute approximate surface area is 336 Å². The molecule has 18 heteroatoms. The number of pyridine rings is 4. The van der Waals surface area contributed by atoms with Crippen molar-refractivity contribution >= 4 is 67.5 Å². The summed E-state index contributed by atoms with van der Waals surface area (Å²) in [5.74, 6) is -6.06. The Kier molecular flexibility index (Phi) is 21.3. The molecule has 2 aliphatic carbocycles. The fraction of sp³-hybridized carbons (Fsp3) is 0.222. The van der Waals surface area contributed by atoms with Crippen molar-refractivity contribution in [2.45, 2.75) is 38.5 Å². The summed E-state index contributed by atoms with van der Waals surface area (Å²) in [6.45, 7) is 0. The number of benzene rings is 2. The van der Waals surface area contributed by atoms with Crippen LogP contribution in [0.25, 0.3) is 43.6 Å². The SMILES string of the molecule is O.O.O.O.O=C([O-])C1(C(=O)[O-])CCC1.O=C([O-])C1(C(=O)[O-])CCC1.[Pt+2].[Pt+2].c1cnc2c(c1)ccc1cccnc12.c1cnc2c(c1)ccc1cccnc12. The monoisotopic (exact) mass is 1110 g/mol. The number of carboxylic acid groups (broad SMARTS) is 4. The molecule has 2 aromatic carbocycles. The van der Waals surface area contributed by atoms with Crippen LogP contribution in [0, 0.1) is 10.8 Å². The summed E-state index contributed by atoms with van der Waals surface area (Å²) in [7, 11) is 0. The van der Waals surface area contributed by atoms with Crippen molar-refractivity contribution in [2.24, 2.45) is 10.8 Å². The molecule has 2 saturated carbocycles. The zero-order valence-electron chi connectivity index (χ0n) is 28.2. The van der Waals surface area contributed by atoms with E-state index in [2.05, 4.69) is 68.5 Å². The van der Waals surface area contributed by atoms with Gasteiger partial charge in [-0.05, 0) is 49.9 Å². The minimum Gasteiger partial charge on any atom is -0.549 e. The fourth-order valence-electron chi connectivity index (χ4n) is 5.40. The maximum absolute atomic E-state index is 10.2. The van der Waals surface area contributed by atoms with Gasteiger partial charge in [0.15, 0.2) is 0 Å². The van der Waals surface area contributed by atoms with Gasteiger partial charge in [0, 0.05) is 57.2 Å². The molecule has 2 aliphatic rings. The van der Waals surface area contributed by atoms with Gasteiger partial charge in [0.2, 0.25) is 0 Å².